The molecule has 0 unspecified atom stereocenters. The van der Waals surface area contributed by atoms with E-state index in [2.05, 4.69) is 10.3 Å². The van der Waals surface area contributed by atoms with Gasteiger partial charge in [-0.25, -0.2) is 9.78 Å². The molecule has 128 valence electrons. The van der Waals surface area contributed by atoms with Crippen molar-refractivity contribution in [3.63, 3.8) is 0 Å². The summed E-state index contributed by atoms with van der Waals surface area (Å²) >= 11 is 1.37. The van der Waals surface area contributed by atoms with E-state index in [-0.39, 0.29) is 23.7 Å². The van der Waals surface area contributed by atoms with E-state index in [4.69, 9.17) is 4.74 Å². The molecule has 24 heavy (non-hydrogen) atoms. The van der Waals surface area contributed by atoms with Gasteiger partial charge >= 0.3 is 5.97 Å². The van der Waals surface area contributed by atoms with Gasteiger partial charge in [-0.1, -0.05) is 36.8 Å². The zero-order valence-corrected chi connectivity index (χ0v) is 15.2. The van der Waals surface area contributed by atoms with Gasteiger partial charge in [-0.15, -0.1) is 11.3 Å². The summed E-state index contributed by atoms with van der Waals surface area (Å²) < 4.78 is 5.04. The maximum atomic E-state index is 12.0. The molecule has 6 heteroatoms. The molecule has 1 heterocycles. The first-order chi connectivity index (χ1) is 11.3. The molecule has 1 aromatic heterocycles. The summed E-state index contributed by atoms with van der Waals surface area (Å²) in [7, 11) is 0. The fraction of sp³-hybridized carbons (Fsp3) is 0.389. The lowest BCUT2D eigenvalue weighted by atomic mass is 10.0. The number of nitrogens with one attached hydrogen (secondary N) is 1. The van der Waals surface area contributed by atoms with Crippen molar-refractivity contribution < 1.29 is 14.3 Å². The van der Waals surface area contributed by atoms with Crippen molar-refractivity contribution in [1.82, 2.24) is 10.3 Å². The van der Waals surface area contributed by atoms with Crippen LogP contribution >= 0.6 is 11.3 Å². The summed E-state index contributed by atoms with van der Waals surface area (Å²) in [6.07, 6.45) is 0.790. The molecule has 5 nitrogen and oxygen atoms in total. The van der Waals surface area contributed by atoms with Gasteiger partial charge < -0.3 is 10.1 Å². The van der Waals surface area contributed by atoms with Crippen LogP contribution in [0.5, 0.6) is 0 Å². The van der Waals surface area contributed by atoms with Crippen LogP contribution in [0.4, 0.5) is 0 Å². The Morgan fingerprint density at radius 3 is 2.54 bits per heavy atom. The van der Waals surface area contributed by atoms with Crippen molar-refractivity contribution in [2.75, 3.05) is 6.61 Å². The van der Waals surface area contributed by atoms with Gasteiger partial charge in [0.2, 0.25) is 0 Å². The normalized spacial score (nSPS) is 11.2. The van der Waals surface area contributed by atoms with Crippen LogP contribution in [0.1, 0.15) is 43.2 Å². The number of hydrogen-bond donors (Lipinski definition) is 1. The predicted molar refractivity (Wildman–Crippen MR) is 95.1 cm³/mol. The number of carbonyl (C=O) groups excluding carboxylic acids is 2. The molecule has 0 saturated heterocycles. The third kappa shape index (κ3) is 4.89. The largest absolute Gasteiger partial charge is 0.451 e. The Balaban J connectivity index is 1.94. The topological polar surface area (TPSA) is 68.3 Å². The minimum Gasteiger partial charge on any atom is -0.451 e. The summed E-state index contributed by atoms with van der Waals surface area (Å²) in [6, 6.07) is 7.91. The third-order valence-corrected chi connectivity index (χ3v) is 4.60. The molecule has 1 aromatic carbocycles. The molecule has 0 bridgehead atoms. The SMILES string of the molecule is CCC(C)(C)NC(=O)COC(=O)c1csc(-c2ccc(C)cc2)n1. The second kappa shape index (κ2) is 7.57. The Bertz CT molecular complexity index is 720. The molecule has 0 spiro atoms. The van der Waals surface area contributed by atoms with E-state index < -0.39 is 5.97 Å². The first-order valence-corrected chi connectivity index (χ1v) is 8.69. The third-order valence-electron chi connectivity index (χ3n) is 3.71. The Labute approximate surface area is 146 Å². The van der Waals surface area contributed by atoms with E-state index in [1.54, 1.807) is 5.38 Å². The van der Waals surface area contributed by atoms with E-state index in [9.17, 15) is 9.59 Å². The van der Waals surface area contributed by atoms with Crippen molar-refractivity contribution in [3.8, 4) is 10.6 Å². The van der Waals surface area contributed by atoms with Gasteiger partial charge in [0.05, 0.1) is 0 Å². The van der Waals surface area contributed by atoms with Crippen LogP contribution in [0.2, 0.25) is 0 Å². The van der Waals surface area contributed by atoms with Gasteiger partial charge in [-0.2, -0.15) is 0 Å². The second-order valence-corrected chi connectivity index (χ2v) is 7.12. The maximum Gasteiger partial charge on any atom is 0.358 e. The Kier molecular flexibility index (Phi) is 5.72. The monoisotopic (exact) mass is 346 g/mol. The Hall–Kier alpha value is -2.21. The van der Waals surface area contributed by atoms with Crippen LogP contribution < -0.4 is 5.32 Å². The highest BCUT2D eigenvalue weighted by Gasteiger charge is 2.20. The minimum atomic E-state index is -0.589. The fourth-order valence-corrected chi connectivity index (χ4v) is 2.70. The van der Waals surface area contributed by atoms with Gasteiger partial charge in [0.25, 0.3) is 5.91 Å². The van der Waals surface area contributed by atoms with Crippen LogP contribution in [-0.4, -0.2) is 29.0 Å². The first kappa shape index (κ1) is 18.1. The molecular weight excluding hydrogens is 324 g/mol. The van der Waals surface area contributed by atoms with Crippen LogP contribution in [0.3, 0.4) is 0 Å². The molecule has 1 amide bonds. The Morgan fingerprint density at radius 1 is 1.25 bits per heavy atom. The molecule has 0 atom stereocenters. The van der Waals surface area contributed by atoms with Crippen LogP contribution in [0, 0.1) is 6.92 Å². The number of ether oxygens (including phenoxy) is 1. The van der Waals surface area contributed by atoms with Crippen LogP contribution in [0.15, 0.2) is 29.6 Å². The number of aryl methyl sites for hydroxylation is 1. The van der Waals surface area contributed by atoms with Crippen molar-refractivity contribution in [1.29, 1.82) is 0 Å². The quantitative estimate of drug-likeness (QED) is 0.812. The van der Waals surface area contributed by atoms with Gasteiger partial charge in [-0.05, 0) is 27.2 Å². The summed E-state index contributed by atoms with van der Waals surface area (Å²) in [5.41, 5.74) is 2.02. The van der Waals surface area contributed by atoms with Gasteiger partial charge in [0.1, 0.15) is 5.01 Å². The standard InChI is InChI=1S/C18H22N2O3S/c1-5-18(3,4)20-15(21)10-23-17(22)14-11-24-16(19-14)13-8-6-12(2)7-9-13/h6-9,11H,5,10H2,1-4H3,(H,20,21). The highest BCUT2D eigenvalue weighted by molar-refractivity contribution is 7.13. The van der Waals surface area contributed by atoms with E-state index in [0.717, 1.165) is 22.6 Å². The van der Waals surface area contributed by atoms with Gasteiger partial charge in [0, 0.05) is 16.5 Å². The molecule has 0 saturated carbocycles. The molecule has 0 aliphatic carbocycles. The molecule has 0 aliphatic heterocycles. The van der Waals surface area contributed by atoms with E-state index >= 15 is 0 Å². The Morgan fingerprint density at radius 2 is 1.92 bits per heavy atom. The van der Waals surface area contributed by atoms with Gasteiger partial charge in [0.15, 0.2) is 12.3 Å². The number of benzene rings is 1. The number of hydrogen-bond acceptors (Lipinski definition) is 5. The highest BCUT2D eigenvalue weighted by atomic mass is 32.1. The van der Waals surface area contributed by atoms with E-state index in [1.165, 1.54) is 11.3 Å². The van der Waals surface area contributed by atoms with Crippen molar-refractivity contribution in [2.45, 2.75) is 39.7 Å². The molecule has 0 radical (unpaired) electrons. The zero-order valence-electron chi connectivity index (χ0n) is 14.4. The molecular formula is C18H22N2O3S. The highest BCUT2D eigenvalue weighted by Crippen LogP contribution is 2.24. The smallest absolute Gasteiger partial charge is 0.358 e. The molecule has 1 N–H and O–H groups in total. The molecule has 0 aliphatic rings. The van der Waals surface area contributed by atoms with E-state index in [0.29, 0.717) is 0 Å². The number of nitrogens with zero attached hydrogens (tertiary/aromatic N) is 1. The molecule has 0 fully saturated rings. The summed E-state index contributed by atoms with van der Waals surface area (Å²) in [5, 5.41) is 5.21. The number of rotatable bonds is 6. The predicted octanol–water partition coefficient (Wildman–Crippen LogP) is 3.58. The van der Waals surface area contributed by atoms with Crippen molar-refractivity contribution in [2.24, 2.45) is 0 Å². The van der Waals surface area contributed by atoms with E-state index in [1.807, 2.05) is 52.0 Å². The summed E-state index contributed by atoms with van der Waals surface area (Å²) in [6.45, 7) is 7.52. The average molecular weight is 346 g/mol. The number of thiazole rings is 1. The minimum absolute atomic E-state index is 0.220. The van der Waals surface area contributed by atoms with Crippen LogP contribution in [-0.2, 0) is 9.53 Å². The number of carbonyl (C=O) groups is 2. The summed E-state index contributed by atoms with van der Waals surface area (Å²) in [4.78, 5) is 28.1. The lowest BCUT2D eigenvalue weighted by Crippen LogP contribution is -2.44. The molecule has 2 aromatic rings. The number of esters is 1. The fourth-order valence-electron chi connectivity index (χ4n) is 1.90. The lowest BCUT2D eigenvalue weighted by molar-refractivity contribution is -0.125. The number of amides is 1. The lowest BCUT2D eigenvalue weighted by Gasteiger charge is -2.24. The first-order valence-electron chi connectivity index (χ1n) is 7.81. The molecule has 2 rings (SSSR count). The second-order valence-electron chi connectivity index (χ2n) is 6.27. The van der Waals surface area contributed by atoms with Crippen molar-refractivity contribution >= 4 is 23.2 Å². The van der Waals surface area contributed by atoms with Gasteiger partial charge in [-0.3, -0.25) is 4.79 Å². The maximum absolute atomic E-state index is 12.0. The average Bonchev–Trinajstić information content (AvgIpc) is 3.03. The number of aromatic nitrogens is 1. The van der Waals surface area contributed by atoms with Crippen LogP contribution in [0.25, 0.3) is 10.6 Å². The summed E-state index contributed by atoms with van der Waals surface area (Å²) in [5.74, 6) is -0.904. The zero-order chi connectivity index (χ0) is 17.7. The van der Waals surface area contributed by atoms with Crippen molar-refractivity contribution in [3.05, 3.63) is 40.9 Å².